The van der Waals surface area contributed by atoms with Gasteiger partial charge in [-0.25, -0.2) is 0 Å². The third-order valence-electron chi connectivity index (χ3n) is 7.09. The Hall–Kier alpha value is -3.72. The van der Waals surface area contributed by atoms with Gasteiger partial charge in [0.25, 0.3) is 0 Å². The Labute approximate surface area is 238 Å². The SMILES string of the molecule is CN(C)CC(=O)Oc1ccc(C2(c3ccc(OC(=O)CN(C)C)cc3)C(=O)Nc3c2ccc(Cl)c3C2CC2)cc1. The van der Waals surface area contributed by atoms with E-state index in [1.54, 1.807) is 62.3 Å². The first-order valence-electron chi connectivity index (χ1n) is 13.2. The van der Waals surface area contributed by atoms with E-state index < -0.39 is 5.41 Å². The Balaban J connectivity index is 1.58. The second-order valence-electron chi connectivity index (χ2n) is 10.8. The summed E-state index contributed by atoms with van der Waals surface area (Å²) in [5.74, 6) is 0.139. The van der Waals surface area contributed by atoms with Crippen LogP contribution in [0.3, 0.4) is 0 Å². The van der Waals surface area contributed by atoms with Gasteiger partial charge in [0.15, 0.2) is 0 Å². The molecule has 1 amide bonds. The number of halogens is 1. The van der Waals surface area contributed by atoms with Crippen LogP contribution in [0.2, 0.25) is 5.02 Å². The lowest BCUT2D eigenvalue weighted by Crippen LogP contribution is -2.37. The molecule has 0 atom stereocenters. The lowest BCUT2D eigenvalue weighted by molar-refractivity contribution is -0.136. The summed E-state index contributed by atoms with van der Waals surface area (Å²) in [4.78, 5) is 41.9. The number of hydrogen-bond donors (Lipinski definition) is 1. The van der Waals surface area contributed by atoms with Crippen LogP contribution in [-0.4, -0.2) is 68.9 Å². The van der Waals surface area contributed by atoms with Crippen molar-refractivity contribution in [2.45, 2.75) is 24.2 Å². The number of anilines is 1. The molecule has 0 spiro atoms. The number of rotatable bonds is 9. The third-order valence-corrected chi connectivity index (χ3v) is 7.42. The topological polar surface area (TPSA) is 88.2 Å². The van der Waals surface area contributed by atoms with Crippen LogP contribution in [-0.2, 0) is 19.8 Å². The highest BCUT2D eigenvalue weighted by molar-refractivity contribution is 6.32. The molecule has 0 radical (unpaired) electrons. The number of esters is 2. The van der Waals surface area contributed by atoms with E-state index in [1.807, 2.05) is 36.4 Å². The molecule has 1 aliphatic carbocycles. The molecule has 9 heteroatoms. The Kier molecular flexibility index (Phi) is 7.68. The molecule has 40 heavy (non-hydrogen) atoms. The molecule has 8 nitrogen and oxygen atoms in total. The van der Waals surface area contributed by atoms with Crippen LogP contribution in [0.4, 0.5) is 5.69 Å². The molecule has 3 aromatic rings. The maximum absolute atomic E-state index is 14.1. The van der Waals surface area contributed by atoms with Crippen molar-refractivity contribution in [3.05, 3.63) is 87.9 Å². The van der Waals surface area contributed by atoms with Gasteiger partial charge in [0.1, 0.15) is 16.9 Å². The van der Waals surface area contributed by atoms with Crippen LogP contribution >= 0.6 is 11.6 Å². The Morgan fingerprint density at radius 2 is 1.30 bits per heavy atom. The first-order valence-corrected chi connectivity index (χ1v) is 13.5. The van der Waals surface area contributed by atoms with Crippen LogP contribution in [0.15, 0.2) is 60.7 Å². The number of fused-ring (bicyclic) bond motifs is 1. The van der Waals surface area contributed by atoms with Gasteiger partial charge in [-0.05, 0) is 94.0 Å². The minimum absolute atomic E-state index is 0.150. The molecule has 0 bridgehead atoms. The van der Waals surface area contributed by atoms with Crippen molar-refractivity contribution in [1.29, 1.82) is 0 Å². The lowest BCUT2D eigenvalue weighted by atomic mass is 9.70. The monoisotopic (exact) mass is 561 g/mol. The van der Waals surface area contributed by atoms with E-state index in [0.29, 0.717) is 33.6 Å². The van der Waals surface area contributed by atoms with Crippen molar-refractivity contribution < 1.29 is 23.9 Å². The molecule has 0 saturated heterocycles. The number of carbonyl (C=O) groups is 3. The van der Waals surface area contributed by atoms with Crippen molar-refractivity contribution in [2.75, 3.05) is 46.6 Å². The average molecular weight is 562 g/mol. The number of nitrogens with zero attached hydrogens (tertiary/aromatic N) is 2. The maximum atomic E-state index is 14.1. The summed E-state index contributed by atoms with van der Waals surface area (Å²) in [6.07, 6.45) is 2.05. The molecular formula is C31H32ClN3O5. The number of amides is 1. The molecule has 1 heterocycles. The first-order chi connectivity index (χ1) is 19.1. The molecule has 0 aromatic heterocycles. The average Bonchev–Trinajstić information content (AvgIpc) is 3.67. The van der Waals surface area contributed by atoms with E-state index in [1.165, 1.54) is 0 Å². The van der Waals surface area contributed by atoms with Crippen molar-refractivity contribution in [1.82, 2.24) is 9.80 Å². The fourth-order valence-corrected chi connectivity index (χ4v) is 5.58. The first kappa shape index (κ1) is 27.8. The summed E-state index contributed by atoms with van der Waals surface area (Å²) < 4.78 is 11.0. The van der Waals surface area contributed by atoms with Gasteiger partial charge in [-0.3, -0.25) is 24.2 Å². The van der Waals surface area contributed by atoms with Crippen LogP contribution in [0.1, 0.15) is 41.0 Å². The van der Waals surface area contributed by atoms with E-state index >= 15 is 0 Å². The lowest BCUT2D eigenvalue weighted by Gasteiger charge is -2.29. The minimum Gasteiger partial charge on any atom is -0.426 e. The molecule has 1 aliphatic heterocycles. The summed E-state index contributed by atoms with van der Waals surface area (Å²) in [6.45, 7) is 0.301. The predicted molar refractivity (Wildman–Crippen MR) is 153 cm³/mol. The van der Waals surface area contributed by atoms with E-state index in [9.17, 15) is 14.4 Å². The number of carbonyl (C=O) groups excluding carboxylic acids is 3. The number of nitrogens with one attached hydrogen (secondary N) is 1. The van der Waals surface area contributed by atoms with E-state index in [-0.39, 0.29) is 30.9 Å². The normalized spacial score (nSPS) is 15.6. The molecule has 3 aromatic carbocycles. The van der Waals surface area contributed by atoms with Gasteiger partial charge in [0.2, 0.25) is 5.91 Å². The fourth-order valence-electron chi connectivity index (χ4n) is 5.27. The van der Waals surface area contributed by atoms with Gasteiger partial charge in [-0.15, -0.1) is 0 Å². The number of ether oxygens (including phenoxy) is 2. The molecule has 208 valence electrons. The largest absolute Gasteiger partial charge is 0.426 e. The second-order valence-corrected chi connectivity index (χ2v) is 11.2. The standard InChI is InChI=1S/C31H32ClN3O5/c1-34(2)17-26(36)39-22-11-7-20(8-12-22)31(21-9-13-23(14-10-21)40-27(37)18-35(3)4)24-15-16-25(32)28(19-5-6-19)29(24)33-30(31)38/h7-16,19H,5-6,17-18H2,1-4H3,(H,33,38). The third kappa shape index (κ3) is 5.35. The van der Waals surface area contributed by atoms with Crippen molar-refractivity contribution in [3.8, 4) is 11.5 Å². The second kappa shape index (κ2) is 11.0. The zero-order chi connectivity index (χ0) is 28.6. The molecule has 1 fully saturated rings. The molecule has 0 unspecified atom stereocenters. The highest BCUT2D eigenvalue weighted by Gasteiger charge is 2.51. The van der Waals surface area contributed by atoms with Gasteiger partial charge in [0, 0.05) is 10.6 Å². The zero-order valence-electron chi connectivity index (χ0n) is 23.0. The van der Waals surface area contributed by atoms with Gasteiger partial charge >= 0.3 is 11.9 Å². The van der Waals surface area contributed by atoms with Gasteiger partial charge in [-0.2, -0.15) is 0 Å². The van der Waals surface area contributed by atoms with Crippen molar-refractivity contribution in [3.63, 3.8) is 0 Å². The van der Waals surface area contributed by atoms with Crippen LogP contribution in [0, 0.1) is 0 Å². The van der Waals surface area contributed by atoms with Gasteiger partial charge in [0.05, 0.1) is 18.8 Å². The van der Waals surface area contributed by atoms with E-state index in [4.69, 9.17) is 21.1 Å². The summed E-state index contributed by atoms with van der Waals surface area (Å²) in [7, 11) is 7.17. The molecular weight excluding hydrogens is 530 g/mol. The fraction of sp³-hybridized carbons (Fsp3) is 0.323. The Morgan fingerprint density at radius 1 is 0.825 bits per heavy atom. The van der Waals surface area contributed by atoms with Gasteiger partial charge in [-0.1, -0.05) is 41.9 Å². The predicted octanol–water partition coefficient (Wildman–Crippen LogP) is 4.44. The number of benzene rings is 3. The minimum atomic E-state index is -1.19. The molecule has 1 N–H and O–H groups in total. The highest BCUT2D eigenvalue weighted by atomic mass is 35.5. The van der Waals surface area contributed by atoms with Crippen molar-refractivity contribution >= 4 is 35.1 Å². The van der Waals surface area contributed by atoms with E-state index in [2.05, 4.69) is 5.32 Å². The van der Waals surface area contributed by atoms with Gasteiger partial charge < -0.3 is 14.8 Å². The summed E-state index contributed by atoms with van der Waals surface area (Å²) in [5.41, 5.74) is 2.75. The Morgan fingerprint density at radius 3 is 1.73 bits per heavy atom. The molecule has 5 rings (SSSR count). The smallest absolute Gasteiger partial charge is 0.325 e. The Bertz CT molecular complexity index is 1380. The summed E-state index contributed by atoms with van der Waals surface area (Å²) >= 11 is 6.63. The van der Waals surface area contributed by atoms with Crippen LogP contribution in [0.5, 0.6) is 11.5 Å². The van der Waals surface area contributed by atoms with Crippen LogP contribution < -0.4 is 14.8 Å². The van der Waals surface area contributed by atoms with E-state index in [0.717, 1.165) is 29.7 Å². The highest BCUT2D eigenvalue weighted by Crippen LogP contribution is 2.55. The maximum Gasteiger partial charge on any atom is 0.325 e. The number of hydrogen-bond acceptors (Lipinski definition) is 7. The zero-order valence-corrected chi connectivity index (χ0v) is 23.7. The van der Waals surface area contributed by atoms with Crippen molar-refractivity contribution in [2.24, 2.45) is 0 Å². The van der Waals surface area contributed by atoms with Crippen LogP contribution in [0.25, 0.3) is 0 Å². The quantitative estimate of drug-likeness (QED) is 0.305. The summed E-state index contributed by atoms with van der Waals surface area (Å²) in [5, 5.41) is 3.79. The molecule has 2 aliphatic rings. The summed E-state index contributed by atoms with van der Waals surface area (Å²) in [6, 6.07) is 17.8. The molecule has 1 saturated carbocycles. The number of likely N-dealkylation sites (N-methyl/N-ethyl adjacent to an activating group) is 2.